The highest BCUT2D eigenvalue weighted by Crippen LogP contribution is 2.46. The number of ether oxygens (including phenoxy) is 2. The Morgan fingerprint density at radius 3 is 2.48 bits per heavy atom. The highest BCUT2D eigenvalue weighted by molar-refractivity contribution is 7.84. The van der Waals surface area contributed by atoms with Gasteiger partial charge in [-0.1, -0.05) is 36.8 Å². The monoisotopic (exact) mass is 341 g/mol. The van der Waals surface area contributed by atoms with Crippen LogP contribution in [0.4, 0.5) is 0 Å². The predicted molar refractivity (Wildman–Crippen MR) is 84.6 cm³/mol. The first-order valence-corrected chi connectivity index (χ1v) is 9.52. The van der Waals surface area contributed by atoms with Crippen molar-refractivity contribution in [3.8, 4) is 0 Å². The Bertz CT molecular complexity index is 613. The summed E-state index contributed by atoms with van der Waals surface area (Å²) in [5.74, 6) is -0.537. The van der Waals surface area contributed by atoms with Crippen LogP contribution in [0.2, 0.25) is 0 Å². The van der Waals surface area contributed by atoms with Crippen molar-refractivity contribution in [2.24, 2.45) is 5.14 Å². The van der Waals surface area contributed by atoms with Gasteiger partial charge in [0.1, 0.15) is 6.10 Å². The molecule has 0 bridgehead atoms. The van der Waals surface area contributed by atoms with Gasteiger partial charge >= 0.3 is 10.3 Å². The summed E-state index contributed by atoms with van der Waals surface area (Å²) in [4.78, 5) is 0. The Morgan fingerprint density at radius 2 is 1.83 bits per heavy atom. The maximum atomic E-state index is 10.9. The summed E-state index contributed by atoms with van der Waals surface area (Å²) in [5, 5.41) is 4.88. The van der Waals surface area contributed by atoms with Crippen LogP contribution in [-0.4, -0.2) is 26.9 Å². The van der Waals surface area contributed by atoms with Gasteiger partial charge in [-0.05, 0) is 18.4 Å². The van der Waals surface area contributed by atoms with E-state index in [4.69, 9.17) is 14.6 Å². The van der Waals surface area contributed by atoms with Crippen molar-refractivity contribution in [3.63, 3.8) is 0 Å². The maximum absolute atomic E-state index is 10.9. The zero-order valence-electron chi connectivity index (χ0n) is 13.0. The summed E-state index contributed by atoms with van der Waals surface area (Å²) in [7, 11) is -3.93. The van der Waals surface area contributed by atoms with Gasteiger partial charge in [0.15, 0.2) is 5.79 Å². The van der Waals surface area contributed by atoms with E-state index < -0.39 is 16.1 Å². The van der Waals surface area contributed by atoms with Crippen molar-refractivity contribution < 1.29 is 22.1 Å². The lowest BCUT2D eigenvalue weighted by molar-refractivity contribution is -0.195. The van der Waals surface area contributed by atoms with E-state index in [9.17, 15) is 8.42 Å². The fraction of sp³-hybridized carbons (Fsp3) is 0.625. The molecule has 7 heteroatoms. The molecule has 0 unspecified atom stereocenters. The molecule has 2 aliphatic rings. The number of rotatable bonds is 5. The minimum atomic E-state index is -3.93. The number of hydrogen-bond donors (Lipinski definition) is 1. The minimum Gasteiger partial charge on any atom is -0.344 e. The molecule has 23 heavy (non-hydrogen) atoms. The standard InChI is InChI=1S/C16H23NO5S/c17-23(18,19)20-12-9-14-15(13-7-3-1-4-8-13)22-16(21-14)10-5-2-6-11-16/h1,3-4,7-8,14-15H,2,5-6,9-12H2,(H2,17,18,19)/t14-,15-/m0/s1. The molecule has 1 saturated heterocycles. The van der Waals surface area contributed by atoms with Gasteiger partial charge in [-0.25, -0.2) is 5.14 Å². The first-order chi connectivity index (χ1) is 11.0. The molecular weight excluding hydrogens is 318 g/mol. The molecule has 2 fully saturated rings. The van der Waals surface area contributed by atoms with Gasteiger partial charge in [-0.3, -0.25) is 4.18 Å². The average molecular weight is 341 g/mol. The maximum Gasteiger partial charge on any atom is 0.333 e. The molecule has 1 spiro atoms. The third kappa shape index (κ3) is 4.30. The van der Waals surface area contributed by atoms with Crippen molar-refractivity contribution in [2.75, 3.05) is 6.61 Å². The highest BCUT2D eigenvalue weighted by atomic mass is 32.2. The van der Waals surface area contributed by atoms with Gasteiger partial charge < -0.3 is 9.47 Å². The van der Waals surface area contributed by atoms with Crippen molar-refractivity contribution in [2.45, 2.75) is 56.5 Å². The molecule has 2 atom stereocenters. The predicted octanol–water partition coefficient (Wildman–Crippen LogP) is 2.41. The van der Waals surface area contributed by atoms with Crippen molar-refractivity contribution >= 4 is 10.3 Å². The normalized spacial score (nSPS) is 27.3. The lowest BCUT2D eigenvalue weighted by Crippen LogP contribution is -2.33. The van der Waals surface area contributed by atoms with Gasteiger partial charge in [0, 0.05) is 19.3 Å². The molecule has 1 aromatic carbocycles. The molecule has 0 amide bonds. The van der Waals surface area contributed by atoms with Gasteiger partial charge in [-0.2, -0.15) is 8.42 Å². The molecule has 0 aromatic heterocycles. The summed E-state index contributed by atoms with van der Waals surface area (Å²) >= 11 is 0. The molecule has 6 nitrogen and oxygen atoms in total. The quantitative estimate of drug-likeness (QED) is 0.888. The third-order valence-corrected chi connectivity index (χ3v) is 4.93. The van der Waals surface area contributed by atoms with E-state index >= 15 is 0 Å². The van der Waals surface area contributed by atoms with Crippen LogP contribution in [-0.2, 0) is 24.0 Å². The van der Waals surface area contributed by atoms with Crippen LogP contribution >= 0.6 is 0 Å². The molecular formula is C16H23NO5S. The molecule has 1 aliphatic carbocycles. The van der Waals surface area contributed by atoms with E-state index in [1.165, 1.54) is 6.42 Å². The average Bonchev–Trinajstić information content (AvgIpc) is 2.86. The first-order valence-electron chi connectivity index (χ1n) is 8.05. The fourth-order valence-corrected chi connectivity index (χ4v) is 3.74. The van der Waals surface area contributed by atoms with Crippen LogP contribution in [0.1, 0.15) is 50.2 Å². The first kappa shape index (κ1) is 16.9. The summed E-state index contributed by atoms with van der Waals surface area (Å²) < 4.78 is 39.1. The molecule has 1 heterocycles. The van der Waals surface area contributed by atoms with E-state index in [0.717, 1.165) is 31.2 Å². The second-order valence-electron chi connectivity index (χ2n) is 6.18. The van der Waals surface area contributed by atoms with Crippen LogP contribution in [0, 0.1) is 0 Å². The number of hydrogen-bond acceptors (Lipinski definition) is 5. The SMILES string of the molecule is NS(=O)(=O)OCC[C@@H]1OC2(CCCCC2)O[C@H]1c1ccccc1. The van der Waals surface area contributed by atoms with Crippen LogP contribution in [0.5, 0.6) is 0 Å². The van der Waals surface area contributed by atoms with E-state index in [2.05, 4.69) is 4.18 Å². The zero-order chi connectivity index (χ0) is 16.3. The fourth-order valence-electron chi connectivity index (χ4n) is 3.42. The van der Waals surface area contributed by atoms with E-state index in [0.29, 0.717) is 6.42 Å². The van der Waals surface area contributed by atoms with E-state index in [1.807, 2.05) is 30.3 Å². The number of nitrogens with two attached hydrogens (primary N) is 1. The number of benzene rings is 1. The highest BCUT2D eigenvalue weighted by Gasteiger charge is 2.48. The second kappa shape index (κ2) is 6.86. The Balaban J connectivity index is 1.73. The van der Waals surface area contributed by atoms with Crippen LogP contribution < -0.4 is 5.14 Å². The second-order valence-corrected chi connectivity index (χ2v) is 7.40. The third-order valence-electron chi connectivity index (χ3n) is 4.44. The molecule has 1 aliphatic heterocycles. The van der Waals surface area contributed by atoms with Gasteiger partial charge in [-0.15, -0.1) is 0 Å². The molecule has 1 aromatic rings. The summed E-state index contributed by atoms with van der Waals surface area (Å²) in [6, 6.07) is 9.88. The summed E-state index contributed by atoms with van der Waals surface area (Å²) in [6.07, 6.45) is 5.09. The van der Waals surface area contributed by atoms with Crippen LogP contribution in [0.15, 0.2) is 30.3 Å². The Kier molecular flexibility index (Phi) is 5.03. The van der Waals surface area contributed by atoms with Crippen LogP contribution in [0.3, 0.4) is 0 Å². The summed E-state index contributed by atoms with van der Waals surface area (Å²) in [5.41, 5.74) is 1.04. The lowest BCUT2D eigenvalue weighted by Gasteiger charge is -2.32. The van der Waals surface area contributed by atoms with Crippen molar-refractivity contribution in [3.05, 3.63) is 35.9 Å². The Hall–Kier alpha value is -0.990. The minimum absolute atomic E-state index is 0.00767. The lowest BCUT2D eigenvalue weighted by atomic mass is 9.94. The van der Waals surface area contributed by atoms with E-state index in [1.54, 1.807) is 0 Å². The Labute approximate surface area is 137 Å². The Morgan fingerprint density at radius 1 is 1.13 bits per heavy atom. The van der Waals surface area contributed by atoms with Crippen LogP contribution in [0.25, 0.3) is 0 Å². The smallest absolute Gasteiger partial charge is 0.333 e. The largest absolute Gasteiger partial charge is 0.344 e. The molecule has 128 valence electrons. The summed E-state index contributed by atoms with van der Waals surface area (Å²) in [6.45, 7) is -0.00767. The van der Waals surface area contributed by atoms with Gasteiger partial charge in [0.25, 0.3) is 0 Å². The zero-order valence-corrected chi connectivity index (χ0v) is 13.8. The topological polar surface area (TPSA) is 87.9 Å². The molecule has 3 rings (SSSR count). The van der Waals surface area contributed by atoms with Crippen molar-refractivity contribution in [1.29, 1.82) is 0 Å². The molecule has 1 saturated carbocycles. The molecule has 0 radical (unpaired) electrons. The van der Waals surface area contributed by atoms with Gasteiger partial charge in [0.2, 0.25) is 0 Å². The molecule has 2 N–H and O–H groups in total. The van der Waals surface area contributed by atoms with Gasteiger partial charge in [0.05, 0.1) is 12.7 Å². The van der Waals surface area contributed by atoms with Crippen molar-refractivity contribution in [1.82, 2.24) is 0 Å². The van der Waals surface area contributed by atoms with E-state index in [-0.39, 0.29) is 18.8 Å².